The van der Waals surface area contributed by atoms with Crippen LogP contribution in [0.3, 0.4) is 0 Å². The number of amides is 1. The van der Waals surface area contributed by atoms with Crippen LogP contribution >= 0.6 is 0 Å². The first kappa shape index (κ1) is 14.1. The number of hydrogen-bond donors (Lipinski definition) is 2. The van der Waals surface area contributed by atoms with Crippen molar-refractivity contribution in [3.8, 4) is 0 Å². The van der Waals surface area contributed by atoms with Crippen LogP contribution in [0.2, 0.25) is 0 Å². The smallest absolute Gasteiger partial charge is 0.257 e. The molecule has 2 rings (SSSR count). The molecule has 1 aromatic carbocycles. The Labute approximate surface area is 119 Å². The van der Waals surface area contributed by atoms with Crippen LogP contribution in [0, 0.1) is 27.7 Å². The molecule has 1 aromatic heterocycles. The first-order chi connectivity index (χ1) is 9.38. The maximum absolute atomic E-state index is 12.4. The molecule has 0 fully saturated rings. The van der Waals surface area contributed by atoms with Gasteiger partial charge in [-0.3, -0.25) is 9.78 Å². The number of anilines is 2. The number of carbonyl (C=O) groups is 1. The highest BCUT2D eigenvalue weighted by Crippen LogP contribution is 2.23. The van der Waals surface area contributed by atoms with Crippen molar-refractivity contribution in [2.24, 2.45) is 0 Å². The summed E-state index contributed by atoms with van der Waals surface area (Å²) in [6.45, 7) is 7.81. The molecule has 0 atom stereocenters. The van der Waals surface area contributed by atoms with Crippen molar-refractivity contribution in [2.75, 3.05) is 11.1 Å². The third kappa shape index (κ3) is 2.79. The molecule has 0 unspecified atom stereocenters. The molecular weight excluding hydrogens is 250 g/mol. The lowest BCUT2D eigenvalue weighted by atomic mass is 10.0. The van der Waals surface area contributed by atoms with Crippen LogP contribution in [0.25, 0.3) is 0 Å². The molecule has 0 spiro atoms. The molecule has 4 nitrogen and oxygen atoms in total. The lowest BCUT2D eigenvalue weighted by Crippen LogP contribution is -2.16. The van der Waals surface area contributed by atoms with Crippen molar-refractivity contribution in [1.82, 2.24) is 4.98 Å². The zero-order valence-electron chi connectivity index (χ0n) is 12.2. The Kier molecular flexibility index (Phi) is 3.74. The SMILES string of the molecule is Cc1cc(C)c(NC(=O)c2cc(N)cnc2C)c(C)c1. The summed E-state index contributed by atoms with van der Waals surface area (Å²) in [6.07, 6.45) is 1.55. The Hall–Kier alpha value is -2.36. The Morgan fingerprint density at radius 3 is 2.30 bits per heavy atom. The number of hydrogen-bond acceptors (Lipinski definition) is 3. The zero-order valence-corrected chi connectivity index (χ0v) is 12.2. The topological polar surface area (TPSA) is 68.0 Å². The van der Waals surface area contributed by atoms with Crippen molar-refractivity contribution in [3.63, 3.8) is 0 Å². The summed E-state index contributed by atoms with van der Waals surface area (Å²) in [5.74, 6) is -0.183. The molecule has 20 heavy (non-hydrogen) atoms. The number of aromatic nitrogens is 1. The van der Waals surface area contributed by atoms with Gasteiger partial charge in [-0.1, -0.05) is 17.7 Å². The van der Waals surface area contributed by atoms with E-state index in [2.05, 4.69) is 10.3 Å². The van der Waals surface area contributed by atoms with Gasteiger partial charge in [0.15, 0.2) is 0 Å². The number of nitrogens with zero attached hydrogens (tertiary/aromatic N) is 1. The summed E-state index contributed by atoms with van der Waals surface area (Å²) >= 11 is 0. The molecule has 104 valence electrons. The third-order valence-electron chi connectivity index (χ3n) is 3.27. The van der Waals surface area contributed by atoms with Gasteiger partial charge < -0.3 is 11.1 Å². The number of benzene rings is 1. The van der Waals surface area contributed by atoms with E-state index in [4.69, 9.17) is 5.73 Å². The summed E-state index contributed by atoms with van der Waals surface area (Å²) in [7, 11) is 0. The second-order valence-electron chi connectivity index (χ2n) is 5.13. The van der Waals surface area contributed by atoms with Crippen molar-refractivity contribution >= 4 is 17.3 Å². The van der Waals surface area contributed by atoms with Gasteiger partial charge in [0.25, 0.3) is 5.91 Å². The number of nitrogen functional groups attached to an aromatic ring is 1. The van der Waals surface area contributed by atoms with Gasteiger partial charge in [-0.25, -0.2) is 0 Å². The molecule has 3 N–H and O–H groups in total. The predicted octanol–water partition coefficient (Wildman–Crippen LogP) is 3.15. The highest BCUT2D eigenvalue weighted by molar-refractivity contribution is 6.06. The average molecular weight is 269 g/mol. The molecule has 4 heteroatoms. The van der Waals surface area contributed by atoms with Crippen LogP contribution in [0.5, 0.6) is 0 Å². The second-order valence-corrected chi connectivity index (χ2v) is 5.13. The van der Waals surface area contributed by atoms with E-state index in [1.807, 2.05) is 32.9 Å². The minimum atomic E-state index is -0.183. The van der Waals surface area contributed by atoms with Gasteiger partial charge in [-0.2, -0.15) is 0 Å². The van der Waals surface area contributed by atoms with Crippen LogP contribution in [0.4, 0.5) is 11.4 Å². The zero-order chi connectivity index (χ0) is 14.9. The number of nitrogens with one attached hydrogen (secondary N) is 1. The van der Waals surface area contributed by atoms with E-state index in [1.165, 1.54) is 5.56 Å². The average Bonchev–Trinajstić information content (AvgIpc) is 2.36. The van der Waals surface area contributed by atoms with E-state index in [9.17, 15) is 4.79 Å². The highest BCUT2D eigenvalue weighted by Gasteiger charge is 2.13. The summed E-state index contributed by atoms with van der Waals surface area (Å²) in [5, 5.41) is 2.96. The van der Waals surface area contributed by atoms with Gasteiger partial charge in [0, 0.05) is 5.69 Å². The maximum Gasteiger partial charge on any atom is 0.257 e. The molecule has 0 saturated heterocycles. The van der Waals surface area contributed by atoms with Crippen LogP contribution < -0.4 is 11.1 Å². The van der Waals surface area contributed by atoms with Crippen LogP contribution in [-0.2, 0) is 0 Å². The van der Waals surface area contributed by atoms with E-state index in [0.29, 0.717) is 16.9 Å². The summed E-state index contributed by atoms with van der Waals surface area (Å²) in [6, 6.07) is 5.75. The van der Waals surface area contributed by atoms with E-state index < -0.39 is 0 Å². The second kappa shape index (κ2) is 5.33. The van der Waals surface area contributed by atoms with Crippen molar-refractivity contribution in [1.29, 1.82) is 0 Å². The molecule has 0 bridgehead atoms. The Morgan fingerprint density at radius 1 is 1.10 bits per heavy atom. The van der Waals surface area contributed by atoms with E-state index in [0.717, 1.165) is 16.8 Å². The van der Waals surface area contributed by atoms with E-state index >= 15 is 0 Å². The lowest BCUT2D eigenvalue weighted by molar-refractivity contribution is 0.102. The fourth-order valence-corrected chi connectivity index (χ4v) is 2.34. The van der Waals surface area contributed by atoms with Crippen LogP contribution in [0.1, 0.15) is 32.7 Å². The lowest BCUT2D eigenvalue weighted by Gasteiger charge is -2.13. The standard InChI is InChI=1S/C16H19N3O/c1-9-5-10(2)15(11(3)6-9)19-16(20)14-7-13(17)8-18-12(14)4/h5-8H,17H2,1-4H3,(H,19,20). The third-order valence-corrected chi connectivity index (χ3v) is 3.27. The van der Waals surface area contributed by atoms with E-state index in [1.54, 1.807) is 19.2 Å². The van der Waals surface area contributed by atoms with E-state index in [-0.39, 0.29) is 5.91 Å². The summed E-state index contributed by atoms with van der Waals surface area (Å²) in [5.41, 5.74) is 11.5. The number of carbonyl (C=O) groups excluding carboxylic acids is 1. The molecule has 0 aliphatic heterocycles. The normalized spacial score (nSPS) is 10.4. The first-order valence-corrected chi connectivity index (χ1v) is 6.50. The largest absolute Gasteiger partial charge is 0.397 e. The number of pyridine rings is 1. The maximum atomic E-state index is 12.4. The molecular formula is C16H19N3O. The van der Waals surface area contributed by atoms with Gasteiger partial charge in [-0.05, 0) is 44.9 Å². The van der Waals surface area contributed by atoms with Crippen LogP contribution in [0.15, 0.2) is 24.4 Å². The van der Waals surface area contributed by atoms with Gasteiger partial charge in [0.05, 0.1) is 23.1 Å². The van der Waals surface area contributed by atoms with Crippen LogP contribution in [-0.4, -0.2) is 10.9 Å². The fraction of sp³-hybridized carbons (Fsp3) is 0.250. The molecule has 0 saturated carbocycles. The van der Waals surface area contributed by atoms with Crippen molar-refractivity contribution < 1.29 is 4.79 Å². The first-order valence-electron chi connectivity index (χ1n) is 6.50. The Balaban J connectivity index is 2.35. The quantitative estimate of drug-likeness (QED) is 0.880. The van der Waals surface area contributed by atoms with Crippen molar-refractivity contribution in [2.45, 2.75) is 27.7 Å². The minimum Gasteiger partial charge on any atom is -0.397 e. The van der Waals surface area contributed by atoms with Gasteiger partial charge >= 0.3 is 0 Å². The van der Waals surface area contributed by atoms with Gasteiger partial charge in [0.1, 0.15) is 0 Å². The molecule has 1 heterocycles. The summed E-state index contributed by atoms with van der Waals surface area (Å²) in [4.78, 5) is 16.5. The molecule has 0 aliphatic carbocycles. The Bertz CT molecular complexity index is 654. The molecule has 0 radical (unpaired) electrons. The number of aryl methyl sites for hydroxylation is 4. The van der Waals surface area contributed by atoms with Crippen molar-refractivity contribution in [3.05, 3.63) is 52.3 Å². The minimum absolute atomic E-state index is 0.183. The molecule has 0 aliphatic rings. The monoisotopic (exact) mass is 269 g/mol. The number of rotatable bonds is 2. The van der Waals surface area contributed by atoms with Gasteiger partial charge in [0.2, 0.25) is 0 Å². The van der Waals surface area contributed by atoms with Gasteiger partial charge in [-0.15, -0.1) is 0 Å². The summed E-state index contributed by atoms with van der Waals surface area (Å²) < 4.78 is 0. The fourth-order valence-electron chi connectivity index (χ4n) is 2.34. The predicted molar refractivity (Wildman–Crippen MR) is 82.0 cm³/mol. The molecule has 1 amide bonds. The highest BCUT2D eigenvalue weighted by atomic mass is 16.1. The Morgan fingerprint density at radius 2 is 1.70 bits per heavy atom. The molecule has 2 aromatic rings. The number of nitrogens with two attached hydrogens (primary N) is 1.